The molecule has 0 fully saturated rings. The van der Waals surface area contributed by atoms with Gasteiger partial charge in [0, 0.05) is 57.3 Å². The average Bonchev–Trinajstić information content (AvgIpc) is 2.89. The van der Waals surface area contributed by atoms with Crippen LogP contribution in [0.15, 0.2) is 73.1 Å². The summed E-state index contributed by atoms with van der Waals surface area (Å²) in [5.41, 5.74) is 4.39. The van der Waals surface area contributed by atoms with E-state index >= 15 is 0 Å². The van der Waals surface area contributed by atoms with Crippen LogP contribution in [0.5, 0.6) is 11.5 Å². The molecule has 0 aliphatic rings. The van der Waals surface area contributed by atoms with Crippen molar-refractivity contribution < 1.29 is 19.4 Å². The highest BCUT2D eigenvalue weighted by molar-refractivity contribution is 6.32. The minimum Gasteiger partial charge on any atom is -0.508 e. The fourth-order valence-electron chi connectivity index (χ4n) is 3.75. The molecule has 1 N–H and O–H groups in total. The second-order valence-electron chi connectivity index (χ2n) is 8.72. The fourth-order valence-corrected chi connectivity index (χ4v) is 4.33. The maximum atomic E-state index is 12.5. The number of pyridine rings is 2. The standard InChI is InChI=1S/C16H16ClNO2.C14H12ClNO2/c1-10-8-12(6-7-18-10)16(19)11(2)14-5-4-13(20-3)9-15(14)17;1-9-6-11(4-5-16-9)14(18)7-10-2-3-12(17)8-13(10)15/h4-9,11H,1-3H3;2-6,8,17H,7H2,1H3. The van der Waals surface area contributed by atoms with Crippen LogP contribution in [-0.4, -0.2) is 33.8 Å². The van der Waals surface area contributed by atoms with Gasteiger partial charge in [0.05, 0.1) is 7.11 Å². The van der Waals surface area contributed by atoms with Gasteiger partial charge in [-0.1, -0.05) is 42.3 Å². The number of aromatic nitrogens is 2. The summed E-state index contributed by atoms with van der Waals surface area (Å²) in [5.74, 6) is 0.472. The molecular weight excluding hydrogens is 523 g/mol. The van der Waals surface area contributed by atoms with E-state index < -0.39 is 0 Å². The Morgan fingerprint density at radius 3 is 2.08 bits per heavy atom. The average molecular weight is 551 g/mol. The molecule has 6 nitrogen and oxygen atoms in total. The summed E-state index contributed by atoms with van der Waals surface area (Å²) in [6.45, 7) is 5.55. The van der Waals surface area contributed by atoms with Gasteiger partial charge >= 0.3 is 0 Å². The Morgan fingerprint density at radius 2 is 1.50 bits per heavy atom. The molecule has 0 amide bonds. The Morgan fingerprint density at radius 1 is 0.868 bits per heavy atom. The van der Waals surface area contributed by atoms with Gasteiger partial charge in [0.1, 0.15) is 11.5 Å². The topological polar surface area (TPSA) is 89.4 Å². The van der Waals surface area contributed by atoms with Gasteiger partial charge in [-0.3, -0.25) is 19.6 Å². The molecule has 1 unspecified atom stereocenters. The lowest BCUT2D eigenvalue weighted by atomic mass is 9.92. The molecule has 0 aliphatic carbocycles. The number of aromatic hydroxyl groups is 1. The van der Waals surface area contributed by atoms with Crippen molar-refractivity contribution in [3.05, 3.63) is 117 Å². The summed E-state index contributed by atoms with van der Waals surface area (Å²) in [6, 6.07) is 16.9. The zero-order valence-corrected chi connectivity index (χ0v) is 23.0. The van der Waals surface area contributed by atoms with Crippen LogP contribution < -0.4 is 4.74 Å². The highest BCUT2D eigenvalue weighted by Crippen LogP contribution is 2.30. The second kappa shape index (κ2) is 13.2. The Kier molecular flexibility index (Phi) is 9.99. The van der Waals surface area contributed by atoms with Gasteiger partial charge in [-0.25, -0.2) is 0 Å². The molecule has 0 saturated heterocycles. The van der Waals surface area contributed by atoms with E-state index in [1.165, 1.54) is 12.1 Å². The lowest BCUT2D eigenvalue weighted by Gasteiger charge is -2.14. The number of nitrogens with zero attached hydrogens (tertiary/aromatic N) is 2. The molecule has 0 bridgehead atoms. The SMILES string of the molecule is COc1ccc(C(C)C(=O)c2ccnc(C)c2)c(Cl)c1.Cc1cc(C(=O)Cc2ccc(O)cc2Cl)ccn1. The Labute approximate surface area is 232 Å². The first kappa shape index (κ1) is 28.8. The monoisotopic (exact) mass is 550 g/mol. The van der Waals surface area contributed by atoms with Gasteiger partial charge in [-0.15, -0.1) is 0 Å². The molecule has 0 radical (unpaired) electrons. The van der Waals surface area contributed by atoms with Crippen molar-refractivity contribution in [3.8, 4) is 11.5 Å². The predicted molar refractivity (Wildman–Crippen MR) is 150 cm³/mol. The lowest BCUT2D eigenvalue weighted by molar-refractivity contribution is 0.0963. The van der Waals surface area contributed by atoms with Gasteiger partial charge in [0.15, 0.2) is 11.6 Å². The third-order valence-corrected chi connectivity index (χ3v) is 6.53. The van der Waals surface area contributed by atoms with Gasteiger partial charge in [-0.2, -0.15) is 0 Å². The van der Waals surface area contributed by atoms with E-state index in [2.05, 4.69) is 9.97 Å². The molecule has 2 heterocycles. The Bertz CT molecular complexity index is 1460. The van der Waals surface area contributed by atoms with Crippen molar-refractivity contribution in [2.45, 2.75) is 33.1 Å². The molecule has 2 aromatic carbocycles. The number of ketones is 2. The number of halogens is 2. The molecule has 2 aromatic heterocycles. The number of carbonyl (C=O) groups is 2. The molecule has 0 saturated carbocycles. The maximum absolute atomic E-state index is 12.5. The number of aryl methyl sites for hydroxylation is 2. The maximum Gasteiger partial charge on any atom is 0.170 e. The van der Waals surface area contributed by atoms with Crippen molar-refractivity contribution >= 4 is 34.8 Å². The summed E-state index contributed by atoms with van der Waals surface area (Å²) in [7, 11) is 1.58. The number of phenols is 1. The zero-order valence-electron chi connectivity index (χ0n) is 21.5. The Balaban J connectivity index is 0.000000212. The normalized spacial score (nSPS) is 11.2. The number of methoxy groups -OCH3 is 1. The van der Waals surface area contributed by atoms with Gasteiger partial charge < -0.3 is 9.84 Å². The van der Waals surface area contributed by atoms with Crippen LogP contribution >= 0.6 is 23.2 Å². The number of phenolic OH excluding ortho intramolecular Hbond substituents is 1. The molecular formula is C30H28Cl2N2O4. The molecule has 4 aromatic rings. The van der Waals surface area contributed by atoms with E-state index in [-0.39, 0.29) is 29.7 Å². The molecule has 1 atom stereocenters. The van der Waals surface area contributed by atoms with Crippen molar-refractivity contribution in [3.63, 3.8) is 0 Å². The number of Topliss-reactive ketones (excluding diaryl/α,β-unsaturated/α-hetero) is 2. The van der Waals surface area contributed by atoms with Crippen molar-refractivity contribution in [2.75, 3.05) is 7.11 Å². The van der Waals surface area contributed by atoms with E-state index in [1.807, 2.05) is 32.9 Å². The number of rotatable bonds is 7. The summed E-state index contributed by atoms with van der Waals surface area (Å²) >= 11 is 12.2. The van der Waals surface area contributed by atoms with Crippen LogP contribution in [0.25, 0.3) is 0 Å². The summed E-state index contributed by atoms with van der Waals surface area (Å²) in [6.07, 6.45) is 3.47. The largest absolute Gasteiger partial charge is 0.508 e. The van der Waals surface area contributed by atoms with Gasteiger partial charge in [0.2, 0.25) is 0 Å². The van der Waals surface area contributed by atoms with Crippen molar-refractivity contribution in [1.82, 2.24) is 9.97 Å². The molecule has 38 heavy (non-hydrogen) atoms. The van der Waals surface area contributed by atoms with E-state index in [9.17, 15) is 14.7 Å². The molecule has 0 spiro atoms. The number of ether oxygens (including phenoxy) is 1. The van der Waals surface area contributed by atoms with E-state index in [0.717, 1.165) is 17.0 Å². The first-order valence-corrected chi connectivity index (χ1v) is 12.6. The number of hydrogen-bond donors (Lipinski definition) is 1. The van der Waals surface area contributed by atoms with Gasteiger partial charge in [-0.05, 0) is 73.5 Å². The van der Waals surface area contributed by atoms with Crippen molar-refractivity contribution in [1.29, 1.82) is 0 Å². The molecule has 8 heteroatoms. The minimum atomic E-state index is -0.310. The number of hydrogen-bond acceptors (Lipinski definition) is 6. The van der Waals surface area contributed by atoms with E-state index in [0.29, 0.717) is 32.5 Å². The Hall–Kier alpha value is -3.74. The van der Waals surface area contributed by atoms with Crippen LogP contribution in [0, 0.1) is 13.8 Å². The zero-order chi connectivity index (χ0) is 27.8. The molecule has 196 valence electrons. The highest BCUT2D eigenvalue weighted by atomic mass is 35.5. The summed E-state index contributed by atoms with van der Waals surface area (Å²) < 4.78 is 5.11. The molecule has 4 rings (SSSR count). The van der Waals surface area contributed by atoms with Crippen LogP contribution in [0.1, 0.15) is 56.1 Å². The van der Waals surface area contributed by atoms with Crippen LogP contribution in [0.4, 0.5) is 0 Å². The third kappa shape index (κ3) is 7.63. The third-order valence-electron chi connectivity index (χ3n) is 5.85. The lowest BCUT2D eigenvalue weighted by Crippen LogP contribution is -2.10. The fraction of sp³-hybridized carbons (Fsp3) is 0.200. The number of benzene rings is 2. The second-order valence-corrected chi connectivity index (χ2v) is 9.54. The summed E-state index contributed by atoms with van der Waals surface area (Å²) in [5, 5.41) is 10.2. The number of carbonyl (C=O) groups excluding carboxylic acids is 2. The molecule has 0 aliphatic heterocycles. The highest BCUT2D eigenvalue weighted by Gasteiger charge is 2.20. The van der Waals surface area contributed by atoms with E-state index in [4.69, 9.17) is 27.9 Å². The first-order chi connectivity index (χ1) is 18.1. The van der Waals surface area contributed by atoms with Gasteiger partial charge in [0.25, 0.3) is 0 Å². The minimum absolute atomic E-state index is 0.0203. The first-order valence-electron chi connectivity index (χ1n) is 11.8. The van der Waals surface area contributed by atoms with Crippen molar-refractivity contribution in [2.24, 2.45) is 0 Å². The smallest absolute Gasteiger partial charge is 0.170 e. The summed E-state index contributed by atoms with van der Waals surface area (Å²) in [4.78, 5) is 32.7. The quantitative estimate of drug-likeness (QED) is 0.244. The van der Waals surface area contributed by atoms with Crippen LogP contribution in [0.3, 0.4) is 0 Å². The van der Waals surface area contributed by atoms with Crippen LogP contribution in [-0.2, 0) is 6.42 Å². The van der Waals surface area contributed by atoms with E-state index in [1.54, 1.807) is 55.9 Å². The predicted octanol–water partition coefficient (Wildman–Crippen LogP) is 7.21. The van der Waals surface area contributed by atoms with Crippen LogP contribution in [0.2, 0.25) is 10.0 Å².